The van der Waals surface area contributed by atoms with Crippen LogP contribution in [0.2, 0.25) is 0 Å². The van der Waals surface area contributed by atoms with Gasteiger partial charge in [0.05, 0.1) is 11.1 Å². The lowest BCUT2D eigenvalue weighted by molar-refractivity contribution is -0.385. The number of hydrogen-bond donors (Lipinski definition) is 1. The number of aryl methyl sites for hydroxylation is 1. The fourth-order valence-electron chi connectivity index (χ4n) is 2.44. The molecule has 0 aliphatic carbocycles. The first-order valence-electron chi connectivity index (χ1n) is 7.01. The van der Waals surface area contributed by atoms with Crippen molar-refractivity contribution in [2.75, 3.05) is 5.43 Å². The highest BCUT2D eigenvalue weighted by molar-refractivity contribution is 6.01. The predicted octanol–water partition coefficient (Wildman–Crippen LogP) is 3.24. The maximum Gasteiger partial charge on any atom is 0.287 e. The van der Waals surface area contributed by atoms with Crippen LogP contribution < -0.4 is 5.43 Å². The van der Waals surface area contributed by atoms with E-state index in [-0.39, 0.29) is 5.69 Å². The highest BCUT2D eigenvalue weighted by Crippen LogP contribution is 2.23. The Labute approximate surface area is 132 Å². The number of para-hydroxylation sites is 1. The predicted molar refractivity (Wildman–Crippen MR) is 89.8 cm³/mol. The van der Waals surface area contributed by atoms with Crippen molar-refractivity contribution >= 4 is 28.6 Å². The average Bonchev–Trinajstić information content (AvgIpc) is 2.81. The molecule has 7 heteroatoms. The van der Waals surface area contributed by atoms with Crippen molar-refractivity contribution in [3.63, 3.8) is 0 Å². The molecule has 0 aliphatic heterocycles. The molecule has 0 saturated heterocycles. The van der Waals surface area contributed by atoms with Crippen molar-refractivity contribution in [2.45, 2.75) is 6.92 Å². The summed E-state index contributed by atoms with van der Waals surface area (Å²) in [4.78, 5) is 14.1. The lowest BCUT2D eigenvalue weighted by Gasteiger charge is -1.99. The number of nitrogens with zero attached hydrogens (tertiary/aromatic N) is 4. The van der Waals surface area contributed by atoms with E-state index in [9.17, 15) is 10.1 Å². The standard InChI is InChI=1S/C16H15N5O2/c1-11-14(13-5-3-4-6-15(13)20(11)2)10-18-19-16-8-7-12(9-17-16)21(22)23/h3-10H,1-2H3,(H,17,19). The zero-order valence-electron chi connectivity index (χ0n) is 12.7. The van der Waals surface area contributed by atoms with Gasteiger partial charge in [-0.2, -0.15) is 5.10 Å². The molecule has 1 N–H and O–H groups in total. The van der Waals surface area contributed by atoms with Crippen molar-refractivity contribution in [3.8, 4) is 0 Å². The Morgan fingerprint density at radius 1 is 1.30 bits per heavy atom. The molecule has 0 aliphatic rings. The molecular weight excluding hydrogens is 294 g/mol. The van der Waals surface area contributed by atoms with Crippen LogP contribution in [0, 0.1) is 17.0 Å². The molecule has 0 bridgehead atoms. The van der Waals surface area contributed by atoms with E-state index in [4.69, 9.17) is 0 Å². The van der Waals surface area contributed by atoms with E-state index in [1.807, 2.05) is 32.2 Å². The molecule has 0 unspecified atom stereocenters. The SMILES string of the molecule is Cc1c(C=NNc2ccc([N+](=O)[O-])cn2)c2ccccc2n1C. The van der Waals surface area contributed by atoms with Gasteiger partial charge in [-0.25, -0.2) is 4.98 Å². The molecular formula is C16H15N5O2. The van der Waals surface area contributed by atoms with Crippen LogP contribution in [-0.2, 0) is 7.05 Å². The second-order valence-corrected chi connectivity index (χ2v) is 5.10. The molecule has 2 aromatic heterocycles. The molecule has 0 amide bonds. The van der Waals surface area contributed by atoms with Crippen molar-refractivity contribution in [2.24, 2.45) is 12.1 Å². The van der Waals surface area contributed by atoms with Crippen LogP contribution in [0.1, 0.15) is 11.3 Å². The third kappa shape index (κ3) is 2.76. The summed E-state index contributed by atoms with van der Waals surface area (Å²) >= 11 is 0. The van der Waals surface area contributed by atoms with Gasteiger partial charge in [0.1, 0.15) is 12.0 Å². The van der Waals surface area contributed by atoms with Crippen molar-refractivity contribution < 1.29 is 4.92 Å². The van der Waals surface area contributed by atoms with E-state index in [1.165, 1.54) is 18.3 Å². The highest BCUT2D eigenvalue weighted by Gasteiger charge is 2.09. The van der Waals surface area contributed by atoms with Gasteiger partial charge in [-0.3, -0.25) is 15.5 Å². The van der Waals surface area contributed by atoms with Gasteiger partial charge >= 0.3 is 0 Å². The number of benzene rings is 1. The zero-order chi connectivity index (χ0) is 16.4. The summed E-state index contributed by atoms with van der Waals surface area (Å²) in [6, 6.07) is 11.0. The molecule has 3 aromatic rings. The number of hydrazone groups is 1. The summed E-state index contributed by atoms with van der Waals surface area (Å²) < 4.78 is 2.11. The molecule has 116 valence electrons. The van der Waals surface area contributed by atoms with Gasteiger partial charge in [-0.1, -0.05) is 18.2 Å². The number of nitro groups is 1. The first-order chi connectivity index (χ1) is 11.1. The molecule has 0 atom stereocenters. The molecule has 0 spiro atoms. The third-order valence-corrected chi connectivity index (χ3v) is 3.78. The topological polar surface area (TPSA) is 85.3 Å². The summed E-state index contributed by atoms with van der Waals surface area (Å²) in [5.74, 6) is 0.449. The van der Waals surface area contributed by atoms with Crippen molar-refractivity contribution in [3.05, 3.63) is 64.0 Å². The Bertz CT molecular complexity index is 897. The molecule has 23 heavy (non-hydrogen) atoms. The number of aromatic nitrogens is 2. The summed E-state index contributed by atoms with van der Waals surface area (Å²) in [5, 5.41) is 15.9. The molecule has 3 rings (SSSR count). The largest absolute Gasteiger partial charge is 0.347 e. The number of anilines is 1. The number of hydrogen-bond acceptors (Lipinski definition) is 5. The normalized spacial score (nSPS) is 11.2. The van der Waals surface area contributed by atoms with Crippen LogP contribution in [0.15, 0.2) is 47.7 Å². The summed E-state index contributed by atoms with van der Waals surface area (Å²) in [6.45, 7) is 2.03. The highest BCUT2D eigenvalue weighted by atomic mass is 16.6. The molecule has 7 nitrogen and oxygen atoms in total. The fraction of sp³-hybridized carbons (Fsp3) is 0.125. The third-order valence-electron chi connectivity index (χ3n) is 3.78. The molecule has 0 saturated carbocycles. The van der Waals surface area contributed by atoms with Gasteiger partial charge in [0.25, 0.3) is 5.69 Å². The van der Waals surface area contributed by atoms with E-state index < -0.39 is 4.92 Å². The molecule has 2 heterocycles. The second-order valence-electron chi connectivity index (χ2n) is 5.10. The fourth-order valence-corrected chi connectivity index (χ4v) is 2.44. The molecule has 1 aromatic carbocycles. The quantitative estimate of drug-likeness (QED) is 0.455. The van der Waals surface area contributed by atoms with Crippen LogP contribution in [0.25, 0.3) is 10.9 Å². The van der Waals surface area contributed by atoms with Crippen LogP contribution in [-0.4, -0.2) is 20.7 Å². The van der Waals surface area contributed by atoms with E-state index in [1.54, 1.807) is 6.21 Å². The Kier molecular flexibility index (Phi) is 3.76. The van der Waals surface area contributed by atoms with E-state index in [2.05, 4.69) is 26.1 Å². The number of fused-ring (bicyclic) bond motifs is 1. The average molecular weight is 309 g/mol. The Morgan fingerprint density at radius 2 is 2.09 bits per heavy atom. The van der Waals surface area contributed by atoms with Gasteiger partial charge in [0, 0.05) is 35.3 Å². The summed E-state index contributed by atoms with van der Waals surface area (Å²) in [5.41, 5.74) is 6.00. The lowest BCUT2D eigenvalue weighted by Crippen LogP contribution is -1.96. The Morgan fingerprint density at radius 3 is 2.78 bits per heavy atom. The second kappa shape index (κ2) is 5.88. The van der Waals surface area contributed by atoms with Crippen LogP contribution in [0.5, 0.6) is 0 Å². The Hall–Kier alpha value is -3.22. The van der Waals surface area contributed by atoms with Crippen LogP contribution >= 0.6 is 0 Å². The minimum atomic E-state index is -0.487. The van der Waals surface area contributed by atoms with E-state index in [0.29, 0.717) is 5.82 Å². The summed E-state index contributed by atoms with van der Waals surface area (Å²) in [6.07, 6.45) is 2.93. The van der Waals surface area contributed by atoms with Gasteiger partial charge in [-0.15, -0.1) is 0 Å². The lowest BCUT2D eigenvalue weighted by atomic mass is 10.1. The van der Waals surface area contributed by atoms with Gasteiger partial charge in [0.15, 0.2) is 0 Å². The van der Waals surface area contributed by atoms with Gasteiger partial charge in [0.2, 0.25) is 0 Å². The minimum Gasteiger partial charge on any atom is -0.347 e. The van der Waals surface area contributed by atoms with Crippen molar-refractivity contribution in [1.29, 1.82) is 0 Å². The first kappa shape index (κ1) is 14.7. The number of rotatable bonds is 4. The zero-order valence-corrected chi connectivity index (χ0v) is 12.7. The minimum absolute atomic E-state index is 0.0515. The first-order valence-corrected chi connectivity index (χ1v) is 7.01. The smallest absolute Gasteiger partial charge is 0.287 e. The van der Waals surface area contributed by atoms with Gasteiger partial charge in [-0.05, 0) is 19.1 Å². The van der Waals surface area contributed by atoms with Crippen molar-refractivity contribution in [1.82, 2.24) is 9.55 Å². The van der Waals surface area contributed by atoms with E-state index >= 15 is 0 Å². The van der Waals surface area contributed by atoms with Crippen LogP contribution in [0.3, 0.4) is 0 Å². The van der Waals surface area contributed by atoms with Crippen LogP contribution in [0.4, 0.5) is 11.5 Å². The Balaban J connectivity index is 1.83. The number of pyridine rings is 1. The van der Waals surface area contributed by atoms with E-state index in [0.717, 1.165) is 22.2 Å². The monoisotopic (exact) mass is 309 g/mol. The molecule has 0 radical (unpaired) electrons. The molecule has 0 fully saturated rings. The maximum atomic E-state index is 10.6. The maximum absolute atomic E-state index is 10.6. The number of nitrogens with one attached hydrogen (secondary N) is 1. The van der Waals surface area contributed by atoms with Gasteiger partial charge < -0.3 is 4.57 Å². The summed E-state index contributed by atoms with van der Waals surface area (Å²) in [7, 11) is 2.01.